The molecule has 0 N–H and O–H groups in total. The van der Waals surface area contributed by atoms with Gasteiger partial charge >= 0.3 is 0 Å². The van der Waals surface area contributed by atoms with Gasteiger partial charge in [-0.3, -0.25) is 14.4 Å². The van der Waals surface area contributed by atoms with Crippen molar-refractivity contribution in [2.24, 2.45) is 0 Å². The van der Waals surface area contributed by atoms with Crippen LogP contribution in [-0.2, 0) is 19.3 Å². The minimum absolute atomic E-state index is 0.0285. The van der Waals surface area contributed by atoms with E-state index in [0.29, 0.717) is 16.7 Å². The third-order valence-corrected chi connectivity index (χ3v) is 5.21. The van der Waals surface area contributed by atoms with Gasteiger partial charge < -0.3 is 0 Å². The molecule has 0 radical (unpaired) electrons. The summed E-state index contributed by atoms with van der Waals surface area (Å²) in [6.07, 6.45) is 7.94. The van der Waals surface area contributed by atoms with Crippen molar-refractivity contribution < 1.29 is 14.4 Å². The summed E-state index contributed by atoms with van der Waals surface area (Å²) in [7, 11) is 0. The summed E-state index contributed by atoms with van der Waals surface area (Å²) in [5.41, 5.74) is 4.60. The van der Waals surface area contributed by atoms with Crippen molar-refractivity contribution in [3.05, 3.63) is 33.4 Å². The lowest BCUT2D eigenvalue weighted by Gasteiger charge is -2.24. The van der Waals surface area contributed by atoms with Crippen LogP contribution in [0.4, 0.5) is 0 Å². The highest BCUT2D eigenvalue weighted by molar-refractivity contribution is 6.09. The van der Waals surface area contributed by atoms with Crippen molar-refractivity contribution in [2.75, 3.05) is 0 Å². The van der Waals surface area contributed by atoms with Crippen LogP contribution >= 0.6 is 0 Å². The number of benzene rings is 1. The molecule has 0 aromatic heterocycles. The van der Waals surface area contributed by atoms with Gasteiger partial charge in [0.1, 0.15) is 0 Å². The highest BCUT2D eigenvalue weighted by Gasteiger charge is 2.28. The van der Waals surface area contributed by atoms with Crippen molar-refractivity contribution >= 4 is 17.3 Å². The van der Waals surface area contributed by atoms with E-state index in [2.05, 4.69) is 20.8 Å². The monoisotopic (exact) mass is 372 g/mol. The largest absolute Gasteiger partial charge is 0.294 e. The molecule has 1 aromatic carbocycles. The molecule has 3 nitrogen and oxygen atoms in total. The first-order chi connectivity index (χ1) is 12.8. The lowest BCUT2D eigenvalue weighted by molar-refractivity contribution is 0.101. The van der Waals surface area contributed by atoms with E-state index >= 15 is 0 Å². The summed E-state index contributed by atoms with van der Waals surface area (Å²) in [5, 5.41) is 0. The van der Waals surface area contributed by atoms with Crippen LogP contribution in [0.3, 0.4) is 0 Å². The van der Waals surface area contributed by atoms with Crippen LogP contribution < -0.4 is 0 Å². The Morgan fingerprint density at radius 1 is 0.519 bits per heavy atom. The van der Waals surface area contributed by atoms with Crippen LogP contribution in [-0.4, -0.2) is 17.3 Å². The van der Waals surface area contributed by atoms with E-state index in [0.717, 1.165) is 74.5 Å². The van der Waals surface area contributed by atoms with Crippen LogP contribution in [0.5, 0.6) is 0 Å². The van der Waals surface area contributed by atoms with Crippen LogP contribution in [0.25, 0.3) is 0 Å². The van der Waals surface area contributed by atoms with Crippen LogP contribution in [0.1, 0.15) is 128 Å². The molecule has 150 valence electrons. The van der Waals surface area contributed by atoms with Crippen molar-refractivity contribution in [3.8, 4) is 0 Å². The second-order valence-corrected chi connectivity index (χ2v) is 7.54. The average Bonchev–Trinajstić information content (AvgIpc) is 2.60. The van der Waals surface area contributed by atoms with Crippen LogP contribution in [0.15, 0.2) is 0 Å². The summed E-state index contributed by atoms with van der Waals surface area (Å²) in [4.78, 5) is 38.0. The van der Waals surface area contributed by atoms with Gasteiger partial charge in [-0.1, -0.05) is 40.0 Å². The molecule has 0 aliphatic heterocycles. The Hall–Kier alpha value is -1.77. The Kier molecular flexibility index (Phi) is 9.62. The first kappa shape index (κ1) is 23.3. The minimum atomic E-state index is -0.0285. The van der Waals surface area contributed by atoms with Crippen LogP contribution in [0, 0.1) is 0 Å². The molecule has 0 saturated heterocycles. The van der Waals surface area contributed by atoms with Gasteiger partial charge in [0.25, 0.3) is 0 Å². The molecule has 0 atom stereocenters. The third kappa shape index (κ3) is 5.60. The minimum Gasteiger partial charge on any atom is -0.294 e. The average molecular weight is 373 g/mol. The van der Waals surface area contributed by atoms with Gasteiger partial charge in [-0.15, -0.1) is 0 Å². The molecule has 3 heteroatoms. The van der Waals surface area contributed by atoms with E-state index in [1.807, 2.05) is 0 Å². The van der Waals surface area contributed by atoms with E-state index in [-0.39, 0.29) is 17.3 Å². The van der Waals surface area contributed by atoms with Crippen molar-refractivity contribution in [1.82, 2.24) is 0 Å². The number of rotatable bonds is 12. The second kappa shape index (κ2) is 11.2. The molecule has 0 saturated carbocycles. The Morgan fingerprint density at radius 3 is 0.889 bits per heavy atom. The molecule has 0 amide bonds. The van der Waals surface area contributed by atoms with Crippen LogP contribution in [0.2, 0.25) is 0 Å². The van der Waals surface area contributed by atoms with E-state index in [1.165, 1.54) is 0 Å². The number of hydrogen-bond acceptors (Lipinski definition) is 3. The number of hydrogen-bond donors (Lipinski definition) is 0. The Morgan fingerprint density at radius 2 is 0.741 bits per heavy atom. The van der Waals surface area contributed by atoms with Crippen molar-refractivity contribution in [1.29, 1.82) is 0 Å². The number of ketones is 3. The lowest BCUT2D eigenvalue weighted by atomic mass is 9.78. The quantitative estimate of drug-likeness (QED) is 0.403. The van der Waals surface area contributed by atoms with Gasteiger partial charge in [-0.25, -0.2) is 0 Å². The molecule has 0 aliphatic carbocycles. The van der Waals surface area contributed by atoms with Gasteiger partial charge in [0.05, 0.1) is 0 Å². The molecule has 0 aliphatic rings. The molecular formula is C24H36O3. The first-order valence-corrected chi connectivity index (χ1v) is 10.5. The molecule has 1 rings (SSSR count). The summed E-state index contributed by atoms with van der Waals surface area (Å²) in [6, 6.07) is 0. The maximum Gasteiger partial charge on any atom is 0.160 e. The maximum atomic E-state index is 12.7. The lowest BCUT2D eigenvalue weighted by Crippen LogP contribution is -2.20. The second-order valence-electron chi connectivity index (χ2n) is 7.54. The fraction of sp³-hybridized carbons (Fsp3) is 0.625. The van der Waals surface area contributed by atoms with Gasteiger partial charge in [0.2, 0.25) is 0 Å². The predicted octanol–water partition coefficient (Wildman–Crippen LogP) is 6.32. The molecule has 0 unspecified atom stereocenters. The number of Topliss-reactive ketones (excluding diaryl/α,β-unsaturated/α-hetero) is 3. The van der Waals surface area contributed by atoms with E-state index in [1.54, 1.807) is 20.8 Å². The van der Waals surface area contributed by atoms with E-state index in [9.17, 15) is 14.4 Å². The van der Waals surface area contributed by atoms with Gasteiger partial charge in [0, 0.05) is 16.7 Å². The fourth-order valence-electron chi connectivity index (χ4n) is 4.01. The molecule has 27 heavy (non-hydrogen) atoms. The summed E-state index contributed by atoms with van der Waals surface area (Å²) < 4.78 is 0. The highest BCUT2D eigenvalue weighted by atomic mass is 16.1. The summed E-state index contributed by atoms with van der Waals surface area (Å²) >= 11 is 0. The SMILES string of the molecule is CCCCc1c(C(C)=O)c(CCCC)c(C(C)=O)c(CCCC)c1C(C)=O. The topological polar surface area (TPSA) is 51.2 Å². The van der Waals surface area contributed by atoms with Crippen molar-refractivity contribution in [3.63, 3.8) is 0 Å². The zero-order valence-corrected chi connectivity index (χ0v) is 18.1. The molecular weight excluding hydrogens is 336 g/mol. The Labute approximate surface area is 164 Å². The van der Waals surface area contributed by atoms with Gasteiger partial charge in [-0.2, -0.15) is 0 Å². The first-order valence-electron chi connectivity index (χ1n) is 10.5. The zero-order valence-electron chi connectivity index (χ0n) is 18.1. The molecule has 1 aromatic rings. The van der Waals surface area contributed by atoms with Gasteiger partial charge in [0.15, 0.2) is 17.3 Å². The number of carbonyl (C=O) groups is 3. The molecule has 0 spiro atoms. The number of unbranched alkanes of at least 4 members (excludes halogenated alkanes) is 3. The molecule has 0 heterocycles. The standard InChI is InChI=1S/C24H36O3/c1-7-10-13-19-22(16(4)25)20(14-11-8-2)24(18(6)27)21(15-12-9-3)23(19)17(5)26/h7-15H2,1-6H3. The Balaban J connectivity index is 3.99. The number of carbonyl (C=O) groups excluding carboxylic acids is 3. The third-order valence-electron chi connectivity index (χ3n) is 5.21. The van der Waals surface area contributed by atoms with Crippen molar-refractivity contribution in [2.45, 2.75) is 99.3 Å². The smallest absolute Gasteiger partial charge is 0.160 e. The molecule has 0 fully saturated rings. The molecule has 0 bridgehead atoms. The predicted molar refractivity (Wildman–Crippen MR) is 112 cm³/mol. The van der Waals surface area contributed by atoms with E-state index < -0.39 is 0 Å². The highest BCUT2D eigenvalue weighted by Crippen LogP contribution is 2.33. The zero-order chi connectivity index (χ0) is 20.6. The Bertz CT molecular complexity index is 582. The van der Waals surface area contributed by atoms with Gasteiger partial charge in [-0.05, 0) is 76.0 Å². The fourth-order valence-corrected chi connectivity index (χ4v) is 4.01. The van der Waals surface area contributed by atoms with E-state index in [4.69, 9.17) is 0 Å². The summed E-state index contributed by atoms with van der Waals surface area (Å²) in [6.45, 7) is 11.0. The summed E-state index contributed by atoms with van der Waals surface area (Å²) in [5.74, 6) is -0.0854. The normalized spacial score (nSPS) is 10.9. The maximum absolute atomic E-state index is 12.7.